The summed E-state index contributed by atoms with van der Waals surface area (Å²) >= 11 is 0. The van der Waals surface area contributed by atoms with E-state index in [2.05, 4.69) is 29.2 Å². The van der Waals surface area contributed by atoms with Crippen molar-refractivity contribution >= 4 is 16.6 Å². The maximum absolute atomic E-state index is 6.03. The summed E-state index contributed by atoms with van der Waals surface area (Å²) in [4.78, 5) is 4.52. The van der Waals surface area contributed by atoms with Crippen molar-refractivity contribution in [2.45, 2.75) is 13.3 Å². The largest absolute Gasteiger partial charge is 0.382 e. The normalized spacial score (nSPS) is 11.0. The summed E-state index contributed by atoms with van der Waals surface area (Å²) in [5.74, 6) is 7.19. The number of hydrogen-bond donors (Lipinski definition) is 2. The summed E-state index contributed by atoms with van der Waals surface area (Å²) in [5.41, 5.74) is 7.78. The lowest BCUT2D eigenvalue weighted by Gasteiger charge is -2.03. The first kappa shape index (κ1) is 11.6. The smallest absolute Gasteiger partial charge is 0.150 e. The number of benzene rings is 2. The second-order valence-corrected chi connectivity index (χ2v) is 4.55. The SMILES string of the molecule is CCc1nc(-c2ccc3ccccc3c2)c(N)n1N. The van der Waals surface area contributed by atoms with E-state index in [9.17, 15) is 0 Å². The Balaban J connectivity index is 2.19. The van der Waals surface area contributed by atoms with Gasteiger partial charge in [0.1, 0.15) is 11.5 Å². The third-order valence-corrected chi connectivity index (χ3v) is 3.36. The minimum absolute atomic E-state index is 0.507. The number of imidazole rings is 1. The fourth-order valence-electron chi connectivity index (χ4n) is 2.29. The van der Waals surface area contributed by atoms with Gasteiger partial charge < -0.3 is 11.6 Å². The molecule has 0 saturated heterocycles. The van der Waals surface area contributed by atoms with Crippen molar-refractivity contribution in [2.24, 2.45) is 0 Å². The molecule has 0 atom stereocenters. The highest BCUT2D eigenvalue weighted by atomic mass is 15.4. The van der Waals surface area contributed by atoms with Crippen LogP contribution in [0.15, 0.2) is 42.5 Å². The topological polar surface area (TPSA) is 69.9 Å². The zero-order valence-corrected chi connectivity index (χ0v) is 10.8. The van der Waals surface area contributed by atoms with Gasteiger partial charge in [-0.3, -0.25) is 0 Å². The lowest BCUT2D eigenvalue weighted by molar-refractivity contribution is 0.865. The molecule has 0 fully saturated rings. The van der Waals surface area contributed by atoms with Gasteiger partial charge >= 0.3 is 0 Å². The van der Waals surface area contributed by atoms with Crippen molar-refractivity contribution in [3.8, 4) is 11.3 Å². The average Bonchev–Trinajstić information content (AvgIpc) is 2.74. The Morgan fingerprint density at radius 1 is 1.11 bits per heavy atom. The van der Waals surface area contributed by atoms with E-state index in [0.29, 0.717) is 5.82 Å². The molecule has 19 heavy (non-hydrogen) atoms. The van der Waals surface area contributed by atoms with Crippen molar-refractivity contribution in [3.63, 3.8) is 0 Å². The number of nitrogens with zero attached hydrogens (tertiary/aromatic N) is 2. The minimum Gasteiger partial charge on any atom is -0.382 e. The van der Waals surface area contributed by atoms with Crippen molar-refractivity contribution in [3.05, 3.63) is 48.3 Å². The Morgan fingerprint density at radius 3 is 2.53 bits per heavy atom. The molecule has 0 bridgehead atoms. The molecule has 0 saturated carbocycles. The van der Waals surface area contributed by atoms with E-state index < -0.39 is 0 Å². The van der Waals surface area contributed by atoms with E-state index >= 15 is 0 Å². The van der Waals surface area contributed by atoms with Gasteiger partial charge in [-0.15, -0.1) is 0 Å². The van der Waals surface area contributed by atoms with Crippen LogP contribution in [-0.4, -0.2) is 9.66 Å². The number of rotatable bonds is 2. The van der Waals surface area contributed by atoms with Gasteiger partial charge in [-0.05, 0) is 16.8 Å². The average molecular weight is 252 g/mol. The monoisotopic (exact) mass is 252 g/mol. The predicted octanol–water partition coefficient (Wildman–Crippen LogP) is 2.56. The van der Waals surface area contributed by atoms with Crippen molar-refractivity contribution in [1.82, 2.24) is 9.66 Å². The summed E-state index contributed by atoms with van der Waals surface area (Å²) in [6.45, 7) is 2.01. The van der Waals surface area contributed by atoms with Crippen LogP contribution in [0.5, 0.6) is 0 Å². The van der Waals surface area contributed by atoms with E-state index in [-0.39, 0.29) is 0 Å². The van der Waals surface area contributed by atoms with Crippen LogP contribution in [0, 0.1) is 0 Å². The lowest BCUT2D eigenvalue weighted by atomic mass is 10.1. The van der Waals surface area contributed by atoms with Gasteiger partial charge in [-0.2, -0.15) is 0 Å². The van der Waals surface area contributed by atoms with Crippen LogP contribution in [0.1, 0.15) is 12.7 Å². The Labute approximate surface area is 111 Å². The third kappa shape index (κ3) is 1.81. The van der Waals surface area contributed by atoms with Crippen LogP contribution < -0.4 is 11.6 Å². The second-order valence-electron chi connectivity index (χ2n) is 4.55. The predicted molar refractivity (Wildman–Crippen MR) is 79.1 cm³/mol. The first-order valence-electron chi connectivity index (χ1n) is 6.32. The first-order chi connectivity index (χ1) is 9.20. The highest BCUT2D eigenvalue weighted by Crippen LogP contribution is 2.28. The standard InChI is InChI=1S/C15H16N4/c1-2-13-18-14(15(16)19(13)17)12-8-7-10-5-3-4-6-11(10)9-12/h3-9H,2,16-17H2,1H3. The quantitative estimate of drug-likeness (QED) is 0.689. The molecule has 0 aliphatic carbocycles. The number of aryl methyl sites for hydroxylation is 1. The number of anilines is 1. The van der Waals surface area contributed by atoms with E-state index in [1.807, 2.05) is 25.1 Å². The zero-order chi connectivity index (χ0) is 13.4. The number of fused-ring (bicyclic) bond motifs is 1. The lowest BCUT2D eigenvalue weighted by Crippen LogP contribution is -2.14. The Kier molecular flexibility index (Phi) is 2.63. The molecule has 0 spiro atoms. The van der Waals surface area contributed by atoms with Gasteiger partial charge in [-0.25, -0.2) is 9.66 Å². The molecule has 96 valence electrons. The molecular formula is C15H16N4. The van der Waals surface area contributed by atoms with Crippen LogP contribution >= 0.6 is 0 Å². The zero-order valence-electron chi connectivity index (χ0n) is 10.8. The minimum atomic E-state index is 0.507. The van der Waals surface area contributed by atoms with E-state index in [4.69, 9.17) is 11.6 Å². The van der Waals surface area contributed by atoms with Crippen LogP contribution in [0.25, 0.3) is 22.0 Å². The summed E-state index contributed by atoms with van der Waals surface area (Å²) < 4.78 is 1.46. The fourth-order valence-corrected chi connectivity index (χ4v) is 2.29. The summed E-state index contributed by atoms with van der Waals surface area (Å²) in [5, 5.41) is 2.37. The first-order valence-corrected chi connectivity index (χ1v) is 6.32. The molecule has 3 rings (SSSR count). The molecule has 0 aliphatic heterocycles. The Morgan fingerprint density at radius 2 is 1.84 bits per heavy atom. The molecule has 0 aliphatic rings. The van der Waals surface area contributed by atoms with Crippen LogP contribution in [-0.2, 0) is 6.42 Å². The molecule has 4 nitrogen and oxygen atoms in total. The van der Waals surface area contributed by atoms with E-state index in [0.717, 1.165) is 23.5 Å². The van der Waals surface area contributed by atoms with Gasteiger partial charge in [0.05, 0.1) is 0 Å². The fraction of sp³-hybridized carbons (Fsp3) is 0.133. The van der Waals surface area contributed by atoms with Crippen molar-refractivity contribution in [1.29, 1.82) is 0 Å². The molecule has 3 aromatic rings. The van der Waals surface area contributed by atoms with Gasteiger partial charge in [0, 0.05) is 12.0 Å². The number of hydrogen-bond acceptors (Lipinski definition) is 3. The van der Waals surface area contributed by atoms with Crippen molar-refractivity contribution in [2.75, 3.05) is 11.6 Å². The number of nitrogens with two attached hydrogens (primary N) is 2. The van der Waals surface area contributed by atoms with E-state index in [1.165, 1.54) is 15.4 Å². The number of aromatic nitrogens is 2. The summed E-state index contributed by atoms with van der Waals surface area (Å²) in [6.07, 6.45) is 0.758. The van der Waals surface area contributed by atoms with Crippen molar-refractivity contribution < 1.29 is 0 Å². The summed E-state index contributed by atoms with van der Waals surface area (Å²) in [7, 11) is 0. The highest BCUT2D eigenvalue weighted by molar-refractivity contribution is 5.88. The molecule has 2 aromatic carbocycles. The van der Waals surface area contributed by atoms with E-state index in [1.54, 1.807) is 0 Å². The Bertz CT molecular complexity index is 743. The molecule has 0 amide bonds. The molecule has 4 N–H and O–H groups in total. The molecule has 1 heterocycles. The maximum Gasteiger partial charge on any atom is 0.150 e. The molecular weight excluding hydrogens is 236 g/mol. The third-order valence-electron chi connectivity index (χ3n) is 3.36. The second kappa shape index (κ2) is 4.31. The van der Waals surface area contributed by atoms with Gasteiger partial charge in [0.2, 0.25) is 0 Å². The molecule has 0 radical (unpaired) electrons. The Hall–Kier alpha value is -2.49. The highest BCUT2D eigenvalue weighted by Gasteiger charge is 2.13. The molecule has 1 aromatic heterocycles. The maximum atomic E-state index is 6.03. The van der Waals surface area contributed by atoms with Crippen LogP contribution in [0.4, 0.5) is 5.82 Å². The van der Waals surface area contributed by atoms with Crippen LogP contribution in [0.3, 0.4) is 0 Å². The van der Waals surface area contributed by atoms with Crippen LogP contribution in [0.2, 0.25) is 0 Å². The number of nitrogen functional groups attached to an aromatic ring is 2. The van der Waals surface area contributed by atoms with Gasteiger partial charge in [0.15, 0.2) is 5.82 Å². The molecule has 0 unspecified atom stereocenters. The summed E-state index contributed by atoms with van der Waals surface area (Å²) in [6, 6.07) is 14.4. The molecule has 4 heteroatoms. The van der Waals surface area contributed by atoms with Gasteiger partial charge in [0.25, 0.3) is 0 Å². The van der Waals surface area contributed by atoms with Gasteiger partial charge in [-0.1, -0.05) is 43.3 Å².